The van der Waals surface area contributed by atoms with Crippen LogP contribution in [0.4, 0.5) is 29.1 Å². The lowest BCUT2D eigenvalue weighted by Crippen LogP contribution is -2.36. The minimum absolute atomic E-state index is 0.132. The molecule has 1 N–H and O–H groups in total. The molecule has 2 heterocycles. The van der Waals surface area contributed by atoms with E-state index >= 15 is 0 Å². The Balaban J connectivity index is 1.69. The molecule has 2 aromatic carbocycles. The molecule has 0 amide bonds. The minimum atomic E-state index is -4.42. The summed E-state index contributed by atoms with van der Waals surface area (Å²) in [7, 11) is 0. The maximum atomic E-state index is 14.8. The van der Waals surface area contributed by atoms with Crippen molar-refractivity contribution in [2.24, 2.45) is 0 Å². The van der Waals surface area contributed by atoms with Crippen LogP contribution in [0.2, 0.25) is 0 Å². The number of nitrogens with one attached hydrogen (secondary N) is 1. The molecule has 1 saturated heterocycles. The number of halogens is 4. The van der Waals surface area contributed by atoms with Crippen molar-refractivity contribution < 1.29 is 22.3 Å². The topological polar surface area (TPSA) is 50.3 Å². The van der Waals surface area contributed by atoms with E-state index in [4.69, 9.17) is 4.74 Å². The largest absolute Gasteiger partial charge is 0.416 e. The lowest BCUT2D eigenvalue weighted by atomic mass is 10.0. The van der Waals surface area contributed by atoms with Gasteiger partial charge in [-0.15, -0.1) is 5.10 Å². The average molecular weight is 434 g/mol. The summed E-state index contributed by atoms with van der Waals surface area (Å²) in [6.45, 7) is 5.51. The van der Waals surface area contributed by atoms with E-state index in [1.807, 2.05) is 4.90 Å². The van der Waals surface area contributed by atoms with Crippen LogP contribution in [0.15, 0.2) is 30.3 Å². The molecule has 0 unspecified atom stereocenters. The summed E-state index contributed by atoms with van der Waals surface area (Å²) >= 11 is 0. The molecule has 0 bridgehead atoms. The third kappa shape index (κ3) is 4.27. The standard InChI is InChI=1S/C22H22F4N4O/c1-13-15(4-3-5-18(13)22(24,25)26)12-27-21-17-11-20(30-6-8-31-9-7-30)19(23)10-16(17)14(2)28-29-21/h3-5,10-11H,6-9,12H2,1-2H3,(H,27,29). The first-order valence-corrected chi connectivity index (χ1v) is 9.94. The molecule has 0 spiro atoms. The lowest BCUT2D eigenvalue weighted by Gasteiger charge is -2.29. The molecule has 1 aliphatic rings. The monoisotopic (exact) mass is 434 g/mol. The number of alkyl halides is 3. The normalized spacial score (nSPS) is 14.8. The Morgan fingerprint density at radius 2 is 1.81 bits per heavy atom. The van der Waals surface area contributed by atoms with Crippen molar-refractivity contribution in [3.8, 4) is 0 Å². The number of benzene rings is 2. The molecule has 4 rings (SSSR count). The molecule has 3 aromatic rings. The van der Waals surface area contributed by atoms with E-state index in [0.717, 1.165) is 6.07 Å². The van der Waals surface area contributed by atoms with Crippen LogP contribution in [0.5, 0.6) is 0 Å². The number of ether oxygens (including phenoxy) is 1. The number of hydrogen-bond acceptors (Lipinski definition) is 5. The molecular formula is C22H22F4N4O. The number of morpholine rings is 1. The molecule has 164 valence electrons. The summed E-state index contributed by atoms with van der Waals surface area (Å²) in [6, 6.07) is 7.25. The highest BCUT2D eigenvalue weighted by Gasteiger charge is 2.32. The van der Waals surface area contributed by atoms with E-state index in [9.17, 15) is 17.6 Å². The van der Waals surface area contributed by atoms with Gasteiger partial charge in [0, 0.05) is 30.4 Å². The minimum Gasteiger partial charge on any atom is -0.378 e. The SMILES string of the molecule is Cc1c(CNc2nnc(C)c3cc(F)c(N4CCOCC4)cc23)cccc1C(F)(F)F. The molecule has 5 nitrogen and oxygen atoms in total. The van der Waals surface area contributed by atoms with Gasteiger partial charge in [0.1, 0.15) is 5.82 Å². The van der Waals surface area contributed by atoms with Crippen LogP contribution < -0.4 is 10.2 Å². The van der Waals surface area contributed by atoms with Gasteiger partial charge in [0.25, 0.3) is 0 Å². The first-order chi connectivity index (χ1) is 14.8. The van der Waals surface area contributed by atoms with Crippen molar-refractivity contribution in [1.29, 1.82) is 0 Å². The van der Waals surface area contributed by atoms with Crippen LogP contribution in [-0.2, 0) is 17.5 Å². The Kier molecular flexibility index (Phi) is 5.70. The molecular weight excluding hydrogens is 412 g/mol. The number of rotatable bonds is 4. The zero-order chi connectivity index (χ0) is 22.2. The highest BCUT2D eigenvalue weighted by molar-refractivity contribution is 5.95. The Morgan fingerprint density at radius 3 is 2.52 bits per heavy atom. The van der Waals surface area contributed by atoms with E-state index < -0.39 is 11.7 Å². The van der Waals surface area contributed by atoms with Gasteiger partial charge in [0.15, 0.2) is 5.82 Å². The first-order valence-electron chi connectivity index (χ1n) is 9.94. The van der Waals surface area contributed by atoms with E-state index in [0.29, 0.717) is 59.8 Å². The Bertz CT molecular complexity index is 1110. The van der Waals surface area contributed by atoms with E-state index in [1.54, 1.807) is 19.1 Å². The third-order valence-electron chi connectivity index (χ3n) is 5.58. The maximum absolute atomic E-state index is 14.8. The van der Waals surface area contributed by atoms with E-state index in [-0.39, 0.29) is 17.9 Å². The summed E-state index contributed by atoms with van der Waals surface area (Å²) in [5.74, 6) is 0.0390. The maximum Gasteiger partial charge on any atom is 0.416 e. The van der Waals surface area contributed by atoms with Crippen molar-refractivity contribution in [2.75, 3.05) is 36.5 Å². The van der Waals surface area contributed by atoms with Crippen molar-refractivity contribution in [3.63, 3.8) is 0 Å². The van der Waals surface area contributed by atoms with Gasteiger partial charge in [-0.1, -0.05) is 12.1 Å². The number of aryl methyl sites for hydroxylation is 1. The molecule has 9 heteroatoms. The van der Waals surface area contributed by atoms with Gasteiger partial charge in [0.05, 0.1) is 30.2 Å². The predicted octanol–water partition coefficient (Wildman–Crippen LogP) is 4.85. The van der Waals surface area contributed by atoms with Crippen molar-refractivity contribution >= 4 is 22.3 Å². The Morgan fingerprint density at radius 1 is 1.06 bits per heavy atom. The van der Waals surface area contributed by atoms with Gasteiger partial charge in [-0.2, -0.15) is 18.3 Å². The third-order valence-corrected chi connectivity index (χ3v) is 5.58. The van der Waals surface area contributed by atoms with Gasteiger partial charge < -0.3 is 15.0 Å². The number of hydrogen-bond donors (Lipinski definition) is 1. The second-order valence-corrected chi connectivity index (χ2v) is 7.52. The summed E-state index contributed by atoms with van der Waals surface area (Å²) in [6.07, 6.45) is -4.42. The number of aromatic nitrogens is 2. The van der Waals surface area contributed by atoms with Crippen LogP contribution >= 0.6 is 0 Å². The van der Waals surface area contributed by atoms with Gasteiger partial charge in [-0.3, -0.25) is 0 Å². The number of fused-ring (bicyclic) bond motifs is 1. The highest BCUT2D eigenvalue weighted by atomic mass is 19.4. The smallest absolute Gasteiger partial charge is 0.378 e. The van der Waals surface area contributed by atoms with E-state index in [1.165, 1.54) is 19.1 Å². The van der Waals surface area contributed by atoms with Crippen molar-refractivity contribution in [3.05, 3.63) is 58.5 Å². The van der Waals surface area contributed by atoms with Gasteiger partial charge in [-0.05, 0) is 43.2 Å². The highest BCUT2D eigenvalue weighted by Crippen LogP contribution is 2.34. The van der Waals surface area contributed by atoms with Crippen molar-refractivity contribution in [2.45, 2.75) is 26.6 Å². The second kappa shape index (κ2) is 8.30. The average Bonchev–Trinajstić information content (AvgIpc) is 2.74. The molecule has 0 radical (unpaired) electrons. The molecule has 0 aliphatic carbocycles. The summed E-state index contributed by atoms with van der Waals surface area (Å²) in [4.78, 5) is 1.91. The van der Waals surface area contributed by atoms with Crippen LogP contribution in [0, 0.1) is 19.7 Å². The van der Waals surface area contributed by atoms with E-state index in [2.05, 4.69) is 15.5 Å². The van der Waals surface area contributed by atoms with Gasteiger partial charge in [-0.25, -0.2) is 4.39 Å². The fourth-order valence-corrected chi connectivity index (χ4v) is 3.83. The fourth-order valence-electron chi connectivity index (χ4n) is 3.83. The Hall–Kier alpha value is -2.94. The van der Waals surface area contributed by atoms with Crippen molar-refractivity contribution in [1.82, 2.24) is 10.2 Å². The molecule has 0 saturated carbocycles. The first kappa shape index (κ1) is 21.3. The number of anilines is 2. The lowest BCUT2D eigenvalue weighted by molar-refractivity contribution is -0.138. The molecule has 1 aliphatic heterocycles. The molecule has 31 heavy (non-hydrogen) atoms. The van der Waals surface area contributed by atoms with Crippen LogP contribution in [0.1, 0.15) is 22.4 Å². The molecule has 1 fully saturated rings. The van der Waals surface area contributed by atoms with Gasteiger partial charge >= 0.3 is 6.18 Å². The zero-order valence-corrected chi connectivity index (χ0v) is 17.2. The zero-order valence-electron chi connectivity index (χ0n) is 17.2. The Labute approximate surface area is 177 Å². The fraction of sp³-hybridized carbons (Fsp3) is 0.364. The number of nitrogens with zero attached hydrogens (tertiary/aromatic N) is 3. The molecule has 1 aromatic heterocycles. The van der Waals surface area contributed by atoms with Crippen LogP contribution in [-0.4, -0.2) is 36.5 Å². The summed E-state index contributed by atoms with van der Waals surface area (Å²) in [5, 5.41) is 12.6. The summed E-state index contributed by atoms with van der Waals surface area (Å²) < 4.78 is 59.8. The summed E-state index contributed by atoms with van der Waals surface area (Å²) in [5.41, 5.74) is 1.01. The molecule has 0 atom stereocenters. The van der Waals surface area contributed by atoms with Gasteiger partial charge in [0.2, 0.25) is 0 Å². The van der Waals surface area contributed by atoms with Crippen LogP contribution in [0.25, 0.3) is 10.8 Å². The van der Waals surface area contributed by atoms with Crippen LogP contribution in [0.3, 0.4) is 0 Å². The second-order valence-electron chi connectivity index (χ2n) is 7.52. The quantitative estimate of drug-likeness (QED) is 0.595. The predicted molar refractivity (Wildman–Crippen MR) is 111 cm³/mol.